The number of likely N-dealkylation sites (N-methyl/N-ethyl adjacent to an activating group) is 1. The molecule has 0 bridgehead atoms. The predicted molar refractivity (Wildman–Crippen MR) is 385 cm³/mol. The molecule has 7 aromatic rings. The Kier molecular flexibility index (Phi) is 29.0. The summed E-state index contributed by atoms with van der Waals surface area (Å²) >= 11 is 3.18. The van der Waals surface area contributed by atoms with E-state index in [2.05, 4.69) is 68.5 Å². The highest BCUT2D eigenvalue weighted by atomic mass is 32.2. The number of ether oxygens (including phenoxy) is 1. The number of carboxylic acids is 1. The number of benzene rings is 4. The van der Waals surface area contributed by atoms with Crippen LogP contribution in [0.5, 0.6) is 5.75 Å². The third-order valence-corrected chi connectivity index (χ3v) is 19.9. The van der Waals surface area contributed by atoms with E-state index in [0.717, 1.165) is 16.7 Å². The minimum Gasteiger partial charge on any atom is -0.496 e. The molecule has 26 nitrogen and oxygen atoms in total. The van der Waals surface area contributed by atoms with Crippen LogP contribution in [0.25, 0.3) is 21.8 Å². The van der Waals surface area contributed by atoms with Gasteiger partial charge in [-0.05, 0) is 149 Å². The highest BCUT2D eigenvalue weighted by Gasteiger charge is 2.48. The standard InChI is InChI=1S/C72H90F2N14O12S2/c1-42-26-44(13-18-62(42)100-5)28-61(70(98)88-23-9-20-72(88,3)71(99)78-22-25-102-40-46-11-8-10-45(27-46)39-101-24-19-63(90)83-56(12-6-7-21-75)65(93)82-43(2)38-89)87-68(96)59(33-51-37-77-41-81-51)85-69(97)60(34-64(91)92)86-67(95)58(30-48-36-80-55-17-15-50(74)32-53(48)55)84-66(94)57(76-4)29-47-35-79-54-16-14-49(73)31-52(47)54/h8,10-11,13-18,26-27,31-32,35-38,41,43,56-61,76,79-80H,6-7,9,12,19-25,28-30,33-34,39-40,75H2,1-5H3,(H,77,81)(H,78,99)(H,82,93)(H,83,90)(H,84,94)(H,85,97)(H,86,95)(H,87,96)(H,91,92)/t43-,56+,57+,58+,59+,60+,61+,72+/m1/s1. The Morgan fingerprint density at radius 3 is 1.90 bits per heavy atom. The van der Waals surface area contributed by atoms with Gasteiger partial charge in [-0.1, -0.05) is 36.4 Å². The van der Waals surface area contributed by atoms with Crippen molar-refractivity contribution in [1.29, 1.82) is 0 Å². The molecule has 4 heterocycles. The van der Waals surface area contributed by atoms with Gasteiger partial charge in [0.2, 0.25) is 47.3 Å². The number of hydrogen-bond acceptors (Lipinski definition) is 16. The molecule has 8 rings (SSSR count). The Morgan fingerprint density at radius 2 is 1.30 bits per heavy atom. The number of nitrogens with one attached hydrogen (secondary N) is 11. The molecular formula is C72H90F2N14O12S2. The van der Waals surface area contributed by atoms with Crippen LogP contribution in [0.4, 0.5) is 8.78 Å². The fourth-order valence-corrected chi connectivity index (χ4v) is 14.0. The Labute approximate surface area is 597 Å². The minimum absolute atomic E-state index is 0.0201. The number of hydrogen-bond donors (Lipinski definition) is 13. The van der Waals surface area contributed by atoms with Gasteiger partial charge < -0.3 is 82.8 Å². The second-order valence-corrected chi connectivity index (χ2v) is 27.7. The van der Waals surface area contributed by atoms with Gasteiger partial charge in [0, 0.05) is 108 Å². The number of carboxylic acid groups (broad SMARTS) is 1. The number of imidazole rings is 1. The zero-order valence-electron chi connectivity index (χ0n) is 57.6. The predicted octanol–water partition coefficient (Wildman–Crippen LogP) is 4.61. The molecule has 0 radical (unpaired) electrons. The number of halogens is 2. The number of aromatic nitrogens is 4. The Balaban J connectivity index is 0.927. The first kappa shape index (κ1) is 78.1. The molecule has 8 atom stereocenters. The molecule has 3 aromatic heterocycles. The number of rotatable bonds is 40. The van der Waals surface area contributed by atoms with Gasteiger partial charge in [0.05, 0.1) is 31.9 Å². The molecule has 14 N–H and O–H groups in total. The molecule has 30 heteroatoms. The van der Waals surface area contributed by atoms with Crippen LogP contribution in [0.2, 0.25) is 0 Å². The van der Waals surface area contributed by atoms with Crippen LogP contribution in [0.3, 0.4) is 0 Å². The molecule has 1 fully saturated rings. The Bertz CT molecular complexity index is 4080. The summed E-state index contributed by atoms with van der Waals surface area (Å²) in [7, 11) is 3.03. The van der Waals surface area contributed by atoms with Crippen molar-refractivity contribution in [2.24, 2.45) is 5.73 Å². The van der Waals surface area contributed by atoms with Crippen molar-refractivity contribution in [3.8, 4) is 5.75 Å². The zero-order valence-corrected chi connectivity index (χ0v) is 59.3. The van der Waals surface area contributed by atoms with Crippen LogP contribution in [0, 0.1) is 18.6 Å². The van der Waals surface area contributed by atoms with E-state index in [-0.39, 0.29) is 51.1 Å². The zero-order chi connectivity index (χ0) is 73.5. The van der Waals surface area contributed by atoms with E-state index in [4.69, 9.17) is 10.5 Å². The normalized spacial score (nSPS) is 15.6. The number of fused-ring (bicyclic) bond motifs is 2. The maximum absolute atomic E-state index is 15.3. The van der Waals surface area contributed by atoms with Crippen LogP contribution in [-0.4, -0.2) is 183 Å². The number of carbonyl (C=O) groups excluding carboxylic acids is 9. The van der Waals surface area contributed by atoms with Crippen molar-refractivity contribution in [3.63, 3.8) is 0 Å². The first-order valence-corrected chi connectivity index (χ1v) is 36.1. The summed E-state index contributed by atoms with van der Waals surface area (Å²) in [5.74, 6) is -5.15. The molecule has 0 spiro atoms. The maximum atomic E-state index is 15.3. The number of aromatic amines is 3. The summed E-state index contributed by atoms with van der Waals surface area (Å²) in [6.45, 7) is 5.94. The topological polar surface area (TPSA) is 386 Å². The van der Waals surface area contributed by atoms with E-state index in [0.29, 0.717) is 118 Å². The number of aliphatic carboxylic acids is 1. The number of amides is 8. The number of unbranched alkanes of at least 4 members (excludes halogenated alkanes) is 1. The summed E-state index contributed by atoms with van der Waals surface area (Å²) in [5.41, 5.74) is 10.2. The lowest BCUT2D eigenvalue weighted by molar-refractivity contribution is -0.146. The third kappa shape index (κ3) is 21.9. The van der Waals surface area contributed by atoms with Crippen molar-refractivity contribution >= 4 is 105 Å². The molecule has 4 aromatic carbocycles. The van der Waals surface area contributed by atoms with Gasteiger partial charge in [-0.2, -0.15) is 23.5 Å². The van der Waals surface area contributed by atoms with Crippen LogP contribution < -0.4 is 53.0 Å². The molecule has 1 aliphatic heterocycles. The second-order valence-electron chi connectivity index (χ2n) is 25.5. The van der Waals surface area contributed by atoms with Crippen molar-refractivity contribution in [3.05, 3.63) is 154 Å². The van der Waals surface area contributed by atoms with E-state index >= 15 is 9.59 Å². The van der Waals surface area contributed by atoms with Crippen LogP contribution in [0.15, 0.2) is 104 Å². The first-order valence-electron chi connectivity index (χ1n) is 33.8. The Morgan fingerprint density at radius 1 is 0.706 bits per heavy atom. The summed E-state index contributed by atoms with van der Waals surface area (Å²) in [5, 5.41) is 33.2. The molecule has 1 saturated heterocycles. The third-order valence-electron chi connectivity index (χ3n) is 17.8. The SMILES string of the molecule is CN[C@@H](Cc1c[nH]c2ccc(F)cc12)C(=O)N[C@@H](Cc1c[nH]c2ccc(F)cc12)C(=O)N[C@@H](CC(=O)O)C(=O)N[C@@H](Cc1cnc[nH]1)C(=O)N[C@@H](Cc1ccc(OC)c(C)c1)C(=O)N1CCC[C@@]1(C)C(=O)NCCSCc1cccc(CSCCC(=O)N[C@@H](CCCCN)C(=O)N[C@H](C)C=O)c1. The highest BCUT2D eigenvalue weighted by Crippen LogP contribution is 2.32. The average molecular weight is 1450 g/mol. The van der Waals surface area contributed by atoms with E-state index in [1.54, 1.807) is 67.8 Å². The van der Waals surface area contributed by atoms with Gasteiger partial charge in [0.1, 0.15) is 59.4 Å². The number of likely N-dealkylation sites (tertiary alicyclic amines) is 1. The van der Waals surface area contributed by atoms with E-state index in [1.807, 2.05) is 25.1 Å². The quantitative estimate of drug-likeness (QED) is 0.0184. The summed E-state index contributed by atoms with van der Waals surface area (Å²) in [6.07, 6.45) is 7.57. The van der Waals surface area contributed by atoms with Gasteiger partial charge in [-0.25, -0.2) is 13.8 Å². The average Bonchev–Trinajstić information content (AvgIpc) is 1.57. The number of methoxy groups -OCH3 is 1. The molecule has 1 aliphatic rings. The summed E-state index contributed by atoms with van der Waals surface area (Å²) in [6, 6.07) is 12.6. The summed E-state index contributed by atoms with van der Waals surface area (Å²) in [4.78, 5) is 152. The monoisotopic (exact) mass is 1440 g/mol. The van der Waals surface area contributed by atoms with E-state index in [1.165, 1.54) is 68.1 Å². The first-order chi connectivity index (χ1) is 49.0. The molecule has 0 unspecified atom stereocenters. The van der Waals surface area contributed by atoms with Crippen LogP contribution >= 0.6 is 23.5 Å². The van der Waals surface area contributed by atoms with Crippen LogP contribution in [-0.2, 0) is 85.1 Å². The van der Waals surface area contributed by atoms with Gasteiger partial charge in [0.25, 0.3) is 0 Å². The van der Waals surface area contributed by atoms with E-state index < -0.39 is 113 Å². The van der Waals surface area contributed by atoms with Gasteiger partial charge in [-0.15, -0.1) is 0 Å². The number of thioether (sulfide) groups is 2. The number of nitrogens with two attached hydrogens (primary N) is 1. The van der Waals surface area contributed by atoms with Gasteiger partial charge in [-0.3, -0.25) is 43.2 Å². The molecule has 546 valence electrons. The van der Waals surface area contributed by atoms with Crippen molar-refractivity contribution < 1.29 is 66.6 Å². The fourth-order valence-electron chi connectivity index (χ4n) is 12.3. The molecule has 8 amide bonds. The Hall–Kier alpha value is -9.65. The largest absolute Gasteiger partial charge is 0.496 e. The van der Waals surface area contributed by atoms with Gasteiger partial charge in [0.15, 0.2) is 0 Å². The minimum atomic E-state index is -1.89. The second kappa shape index (κ2) is 37.9. The lowest BCUT2D eigenvalue weighted by Crippen LogP contribution is -2.62. The number of H-pyrrole nitrogens is 3. The number of aldehydes is 1. The van der Waals surface area contributed by atoms with Crippen molar-refractivity contribution in [2.75, 3.05) is 45.3 Å². The highest BCUT2D eigenvalue weighted by molar-refractivity contribution is 7.98. The van der Waals surface area contributed by atoms with E-state index in [9.17, 15) is 52.2 Å². The number of aryl methyl sites for hydroxylation is 1. The lowest BCUT2D eigenvalue weighted by atomic mass is 9.95. The van der Waals surface area contributed by atoms with Crippen LogP contribution in [0.1, 0.15) is 97.9 Å². The maximum Gasteiger partial charge on any atom is 0.305 e. The van der Waals surface area contributed by atoms with Gasteiger partial charge >= 0.3 is 5.97 Å². The van der Waals surface area contributed by atoms with Crippen molar-refractivity contribution in [1.82, 2.24) is 67.4 Å². The molecule has 102 heavy (non-hydrogen) atoms. The fraction of sp³-hybridized carbons (Fsp3) is 0.431. The summed E-state index contributed by atoms with van der Waals surface area (Å²) < 4.78 is 34.7. The molecular weight excluding hydrogens is 1360 g/mol. The number of nitrogens with zero attached hydrogens (tertiary/aromatic N) is 2. The smallest absolute Gasteiger partial charge is 0.305 e. The van der Waals surface area contributed by atoms with Crippen molar-refractivity contribution in [2.45, 2.75) is 151 Å². The molecule has 0 aliphatic carbocycles. The lowest BCUT2D eigenvalue weighted by Gasteiger charge is -2.36. The molecule has 0 saturated carbocycles. The number of carbonyl (C=O) groups is 10.